The zero-order valence-corrected chi connectivity index (χ0v) is 13.5. The summed E-state index contributed by atoms with van der Waals surface area (Å²) in [6, 6.07) is 0. The minimum atomic E-state index is -0.564. The Hall–Kier alpha value is -2.22. The van der Waals surface area contributed by atoms with Crippen molar-refractivity contribution in [1.29, 1.82) is 0 Å². The first kappa shape index (κ1) is 16.2. The van der Waals surface area contributed by atoms with Gasteiger partial charge in [-0.15, -0.1) is 0 Å². The van der Waals surface area contributed by atoms with E-state index in [0.717, 1.165) is 0 Å². The molecule has 0 aliphatic carbocycles. The summed E-state index contributed by atoms with van der Waals surface area (Å²) in [6.07, 6.45) is 5.94. The fourth-order valence-corrected chi connectivity index (χ4v) is 1.95. The van der Waals surface area contributed by atoms with E-state index in [4.69, 9.17) is 4.74 Å². The highest BCUT2D eigenvalue weighted by Gasteiger charge is 2.14. The van der Waals surface area contributed by atoms with Crippen LogP contribution in [-0.2, 0) is 9.53 Å². The number of aromatic nitrogens is 4. The molecule has 2 rings (SSSR count). The smallest absolute Gasteiger partial charge is 0.331 e. The molecule has 0 radical (unpaired) electrons. The summed E-state index contributed by atoms with van der Waals surface area (Å²) in [4.78, 5) is 38.5. The minimum absolute atomic E-state index is 0.129. The topological polar surface area (TPSA) is 97.8 Å². The fraction of sp³-hybridized carbons (Fsp3) is 0.357. The highest BCUT2D eigenvalue weighted by atomic mass is 32.2. The molecule has 0 saturated heterocycles. The Kier molecular flexibility index (Phi) is 4.60. The number of nitrogens with one attached hydrogen (secondary N) is 1. The Morgan fingerprint density at radius 3 is 2.73 bits per heavy atom. The van der Waals surface area contributed by atoms with E-state index >= 15 is 0 Å². The van der Waals surface area contributed by atoms with Crippen LogP contribution in [0.4, 0.5) is 0 Å². The molecule has 2 aromatic heterocycles. The lowest BCUT2D eigenvalue weighted by Crippen LogP contribution is -2.22. The van der Waals surface area contributed by atoms with Gasteiger partial charge < -0.3 is 4.74 Å². The quantitative estimate of drug-likeness (QED) is 0.398. The van der Waals surface area contributed by atoms with Gasteiger partial charge in [-0.3, -0.25) is 9.78 Å². The molecule has 0 atom stereocenters. The van der Waals surface area contributed by atoms with Gasteiger partial charge in [0.2, 0.25) is 0 Å². The van der Waals surface area contributed by atoms with Crippen LogP contribution in [0.15, 0.2) is 22.2 Å². The number of rotatable bonds is 3. The molecule has 2 heterocycles. The molecule has 0 fully saturated rings. The number of ether oxygens (including phenoxy) is 1. The Morgan fingerprint density at radius 2 is 2.09 bits per heavy atom. The lowest BCUT2D eigenvalue weighted by Gasteiger charge is -2.17. The van der Waals surface area contributed by atoms with Crippen molar-refractivity contribution in [1.82, 2.24) is 19.9 Å². The number of nitrogens with zero attached hydrogens (tertiary/aromatic N) is 3. The predicted molar refractivity (Wildman–Crippen MR) is 84.6 cm³/mol. The van der Waals surface area contributed by atoms with Gasteiger partial charge in [-0.25, -0.2) is 19.7 Å². The second-order valence-corrected chi connectivity index (χ2v) is 6.20. The molecule has 0 spiro atoms. The van der Waals surface area contributed by atoms with E-state index in [2.05, 4.69) is 19.9 Å². The highest BCUT2D eigenvalue weighted by Crippen LogP contribution is 2.10. The molecule has 1 N–H and O–H groups in total. The summed E-state index contributed by atoms with van der Waals surface area (Å²) in [6.45, 7) is 5.34. The lowest BCUT2D eigenvalue weighted by molar-refractivity contribution is -0.148. The summed E-state index contributed by atoms with van der Waals surface area (Å²) in [5, 5.41) is 0.476. The maximum Gasteiger partial charge on any atom is 0.331 e. The second kappa shape index (κ2) is 6.27. The number of esters is 1. The van der Waals surface area contributed by atoms with Gasteiger partial charge in [-0.2, -0.15) is 0 Å². The Labute approximate surface area is 131 Å². The molecule has 116 valence electrons. The third kappa shape index (κ3) is 4.14. The summed E-state index contributed by atoms with van der Waals surface area (Å²) in [7, 11) is 0. The number of fused-ring (bicyclic) bond motifs is 1. The number of thioether (sulfide) groups is 1. The van der Waals surface area contributed by atoms with E-state index < -0.39 is 11.6 Å². The molecular weight excluding hydrogens is 304 g/mol. The van der Waals surface area contributed by atoms with Crippen LogP contribution in [0.1, 0.15) is 26.5 Å². The molecule has 7 nitrogen and oxygen atoms in total. The van der Waals surface area contributed by atoms with Crippen LogP contribution >= 0.6 is 11.8 Å². The van der Waals surface area contributed by atoms with Crippen LogP contribution < -0.4 is 5.56 Å². The molecule has 0 amide bonds. The van der Waals surface area contributed by atoms with Gasteiger partial charge in [0.25, 0.3) is 5.56 Å². The second-order valence-electron chi connectivity index (χ2n) is 5.41. The Balaban J connectivity index is 2.29. The predicted octanol–water partition coefficient (Wildman–Crippen LogP) is 1.79. The average Bonchev–Trinajstić information content (AvgIpc) is 2.43. The van der Waals surface area contributed by atoms with Crippen molar-refractivity contribution in [3.63, 3.8) is 0 Å². The van der Waals surface area contributed by atoms with E-state index in [1.54, 1.807) is 27.0 Å². The molecule has 0 bridgehead atoms. The van der Waals surface area contributed by atoms with Gasteiger partial charge in [0.15, 0.2) is 16.3 Å². The maximum absolute atomic E-state index is 11.9. The van der Waals surface area contributed by atoms with E-state index in [0.29, 0.717) is 10.9 Å². The first-order chi connectivity index (χ1) is 10.3. The van der Waals surface area contributed by atoms with Crippen molar-refractivity contribution in [2.45, 2.75) is 31.5 Å². The molecule has 8 heteroatoms. The number of carbonyl (C=O) groups excluding carboxylic acids is 1. The van der Waals surface area contributed by atoms with Gasteiger partial charge in [0, 0.05) is 6.08 Å². The van der Waals surface area contributed by atoms with Gasteiger partial charge in [-0.05, 0) is 33.1 Å². The normalized spacial score (nSPS) is 12.0. The van der Waals surface area contributed by atoms with Crippen molar-refractivity contribution >= 4 is 35.0 Å². The molecule has 2 aromatic rings. The molecular formula is C14H16N4O3S. The number of H-pyrrole nitrogens is 1. The third-order valence-electron chi connectivity index (χ3n) is 2.41. The first-order valence-corrected chi connectivity index (χ1v) is 7.73. The van der Waals surface area contributed by atoms with Crippen molar-refractivity contribution in [2.75, 3.05) is 6.26 Å². The number of aromatic amines is 1. The van der Waals surface area contributed by atoms with E-state index in [9.17, 15) is 9.59 Å². The minimum Gasteiger partial charge on any atom is -0.457 e. The van der Waals surface area contributed by atoms with Gasteiger partial charge >= 0.3 is 5.97 Å². The monoisotopic (exact) mass is 320 g/mol. The number of hydrogen-bond acceptors (Lipinski definition) is 7. The van der Waals surface area contributed by atoms with Crippen molar-refractivity contribution in [2.24, 2.45) is 0 Å². The SMILES string of the molecule is CSc1nc2ncc(/C=C/C(=O)OC(C)(C)C)nc2c(=O)[nH]1. The van der Waals surface area contributed by atoms with Gasteiger partial charge in [-0.1, -0.05) is 11.8 Å². The highest BCUT2D eigenvalue weighted by molar-refractivity contribution is 7.98. The van der Waals surface area contributed by atoms with Gasteiger partial charge in [0.05, 0.1) is 11.9 Å². The average molecular weight is 320 g/mol. The Morgan fingerprint density at radius 1 is 1.36 bits per heavy atom. The summed E-state index contributed by atoms with van der Waals surface area (Å²) in [5.41, 5.74) is -0.158. The van der Waals surface area contributed by atoms with Crippen LogP contribution in [-0.4, -0.2) is 37.8 Å². The fourth-order valence-electron chi connectivity index (χ4n) is 1.58. The van der Waals surface area contributed by atoms with Crippen LogP contribution in [0.25, 0.3) is 17.2 Å². The standard InChI is InChI=1S/C14H16N4O3S/c1-14(2,3)21-9(19)6-5-8-7-15-11-10(16-8)12(20)18-13(17-11)22-4/h5-7H,1-4H3,(H,15,17,18,20)/b6-5+. The zero-order chi connectivity index (χ0) is 16.3. The zero-order valence-electron chi connectivity index (χ0n) is 12.7. The number of carbonyl (C=O) groups is 1. The van der Waals surface area contributed by atoms with Crippen LogP contribution in [0, 0.1) is 0 Å². The van der Waals surface area contributed by atoms with Crippen molar-refractivity contribution in [3.8, 4) is 0 Å². The molecule has 0 aliphatic heterocycles. The van der Waals surface area contributed by atoms with Gasteiger partial charge in [0.1, 0.15) is 5.60 Å². The largest absolute Gasteiger partial charge is 0.457 e. The Bertz CT molecular complexity index is 793. The third-order valence-corrected chi connectivity index (χ3v) is 2.99. The summed E-state index contributed by atoms with van der Waals surface area (Å²) < 4.78 is 5.14. The van der Waals surface area contributed by atoms with Crippen molar-refractivity contribution in [3.05, 3.63) is 28.3 Å². The van der Waals surface area contributed by atoms with E-state index in [1.807, 2.05) is 0 Å². The van der Waals surface area contributed by atoms with E-state index in [1.165, 1.54) is 30.1 Å². The van der Waals surface area contributed by atoms with E-state index in [-0.39, 0.29) is 16.7 Å². The first-order valence-electron chi connectivity index (χ1n) is 6.50. The molecule has 0 saturated carbocycles. The van der Waals surface area contributed by atoms with Crippen LogP contribution in [0.5, 0.6) is 0 Å². The molecule has 0 aliphatic rings. The molecule has 0 unspecified atom stereocenters. The summed E-state index contributed by atoms with van der Waals surface area (Å²) in [5.74, 6) is -0.487. The maximum atomic E-state index is 11.9. The van der Waals surface area contributed by atoms with Crippen LogP contribution in [0.3, 0.4) is 0 Å². The van der Waals surface area contributed by atoms with Crippen molar-refractivity contribution < 1.29 is 9.53 Å². The lowest BCUT2D eigenvalue weighted by atomic mass is 10.2. The molecule has 22 heavy (non-hydrogen) atoms. The molecule has 0 aromatic carbocycles. The summed E-state index contributed by atoms with van der Waals surface area (Å²) >= 11 is 1.31. The van der Waals surface area contributed by atoms with Crippen LogP contribution in [0.2, 0.25) is 0 Å². The number of hydrogen-bond donors (Lipinski definition) is 1.